The topological polar surface area (TPSA) is 21.3 Å². The fourth-order valence-electron chi connectivity index (χ4n) is 2.14. The highest BCUT2D eigenvalue weighted by molar-refractivity contribution is 4.56. The molecular weight excluding hydrogens is 234 g/mol. The van der Waals surface area contributed by atoms with Gasteiger partial charge in [-0.15, -0.1) is 0 Å². The molecule has 1 N–H and O–H groups in total. The van der Waals surface area contributed by atoms with E-state index in [0.29, 0.717) is 6.04 Å². The van der Waals surface area contributed by atoms with Gasteiger partial charge in [0, 0.05) is 19.2 Å². The third-order valence-corrected chi connectivity index (χ3v) is 3.74. The number of ether oxygens (including phenoxy) is 1. The van der Waals surface area contributed by atoms with Crippen LogP contribution >= 0.6 is 0 Å². The van der Waals surface area contributed by atoms with Crippen LogP contribution in [0.4, 0.5) is 0 Å². The third kappa shape index (κ3) is 15.9. The van der Waals surface area contributed by atoms with Crippen LogP contribution in [0.3, 0.4) is 0 Å². The van der Waals surface area contributed by atoms with E-state index in [1.54, 1.807) is 0 Å². The molecule has 0 radical (unpaired) electrons. The Balaban J connectivity index is 2.95. The highest BCUT2D eigenvalue weighted by Gasteiger charge is 1.96. The summed E-state index contributed by atoms with van der Waals surface area (Å²) >= 11 is 0. The molecule has 0 aromatic rings. The fourth-order valence-corrected chi connectivity index (χ4v) is 2.14. The van der Waals surface area contributed by atoms with Crippen molar-refractivity contribution in [2.45, 2.75) is 91.0 Å². The Kier molecular flexibility index (Phi) is 15.9. The highest BCUT2D eigenvalue weighted by atomic mass is 16.5. The van der Waals surface area contributed by atoms with Gasteiger partial charge in [-0.3, -0.25) is 0 Å². The number of rotatable bonds is 15. The van der Waals surface area contributed by atoms with Crippen molar-refractivity contribution in [3.63, 3.8) is 0 Å². The van der Waals surface area contributed by atoms with Crippen LogP contribution in [0.1, 0.15) is 85.0 Å². The highest BCUT2D eigenvalue weighted by Crippen LogP contribution is 2.09. The zero-order chi connectivity index (χ0) is 14.2. The van der Waals surface area contributed by atoms with E-state index in [1.165, 1.54) is 64.2 Å². The molecule has 0 fully saturated rings. The molecule has 0 aromatic carbocycles. The van der Waals surface area contributed by atoms with Crippen molar-refractivity contribution in [2.24, 2.45) is 0 Å². The molecular formula is C17H37NO. The standard InChI is InChI=1S/C17H37NO/c1-4-6-7-8-9-10-11-12-13-15-19-16-14-18-17(3)5-2/h17-18H,4-16H2,1-3H3. The Labute approximate surface area is 121 Å². The first-order valence-corrected chi connectivity index (χ1v) is 8.62. The van der Waals surface area contributed by atoms with Crippen LogP contribution in [-0.2, 0) is 4.74 Å². The van der Waals surface area contributed by atoms with Gasteiger partial charge in [0.2, 0.25) is 0 Å². The van der Waals surface area contributed by atoms with Gasteiger partial charge in [0.25, 0.3) is 0 Å². The summed E-state index contributed by atoms with van der Waals surface area (Å²) in [6, 6.07) is 0.622. The van der Waals surface area contributed by atoms with Crippen molar-refractivity contribution in [2.75, 3.05) is 19.8 Å². The molecule has 2 nitrogen and oxygen atoms in total. The van der Waals surface area contributed by atoms with Gasteiger partial charge in [-0.1, -0.05) is 65.2 Å². The lowest BCUT2D eigenvalue weighted by molar-refractivity contribution is 0.129. The molecule has 0 aliphatic rings. The van der Waals surface area contributed by atoms with E-state index in [9.17, 15) is 0 Å². The van der Waals surface area contributed by atoms with Crippen molar-refractivity contribution in [1.82, 2.24) is 5.32 Å². The molecule has 0 saturated carbocycles. The van der Waals surface area contributed by atoms with Crippen molar-refractivity contribution < 1.29 is 4.74 Å². The van der Waals surface area contributed by atoms with E-state index in [4.69, 9.17) is 4.74 Å². The Morgan fingerprint density at radius 2 is 1.37 bits per heavy atom. The van der Waals surface area contributed by atoms with Gasteiger partial charge in [0.05, 0.1) is 6.61 Å². The molecule has 0 rings (SSSR count). The summed E-state index contributed by atoms with van der Waals surface area (Å²) in [5.74, 6) is 0. The Morgan fingerprint density at radius 3 is 1.95 bits per heavy atom. The second-order valence-electron chi connectivity index (χ2n) is 5.70. The summed E-state index contributed by atoms with van der Waals surface area (Å²) in [5.41, 5.74) is 0. The Hall–Kier alpha value is -0.0800. The summed E-state index contributed by atoms with van der Waals surface area (Å²) in [6.45, 7) is 9.51. The lowest BCUT2D eigenvalue weighted by Gasteiger charge is -2.11. The van der Waals surface area contributed by atoms with Crippen LogP contribution < -0.4 is 5.32 Å². The number of unbranched alkanes of at least 4 members (excludes halogenated alkanes) is 8. The maximum absolute atomic E-state index is 5.63. The molecule has 0 bridgehead atoms. The molecule has 0 aliphatic heterocycles. The molecule has 0 heterocycles. The predicted octanol–water partition coefficient (Wildman–Crippen LogP) is 4.92. The Morgan fingerprint density at radius 1 is 0.789 bits per heavy atom. The zero-order valence-corrected chi connectivity index (χ0v) is 13.7. The number of hydrogen-bond acceptors (Lipinski definition) is 2. The van der Waals surface area contributed by atoms with Gasteiger partial charge in [-0.25, -0.2) is 0 Å². The van der Waals surface area contributed by atoms with E-state index in [1.807, 2.05) is 0 Å². The first-order valence-electron chi connectivity index (χ1n) is 8.62. The van der Waals surface area contributed by atoms with E-state index in [2.05, 4.69) is 26.1 Å². The van der Waals surface area contributed by atoms with Crippen LogP contribution in [-0.4, -0.2) is 25.8 Å². The molecule has 0 saturated heterocycles. The van der Waals surface area contributed by atoms with Gasteiger partial charge in [-0.05, 0) is 19.8 Å². The summed E-state index contributed by atoms with van der Waals surface area (Å²) in [6.07, 6.45) is 13.6. The Bertz CT molecular complexity index is 161. The van der Waals surface area contributed by atoms with Gasteiger partial charge < -0.3 is 10.1 Å². The lowest BCUT2D eigenvalue weighted by Crippen LogP contribution is -2.28. The largest absolute Gasteiger partial charge is 0.380 e. The fraction of sp³-hybridized carbons (Fsp3) is 1.00. The minimum absolute atomic E-state index is 0.622. The SMILES string of the molecule is CCCCCCCCCCCOCCNC(C)CC. The van der Waals surface area contributed by atoms with Crippen molar-refractivity contribution in [1.29, 1.82) is 0 Å². The molecule has 0 amide bonds. The molecule has 19 heavy (non-hydrogen) atoms. The van der Waals surface area contributed by atoms with Crippen molar-refractivity contribution in [3.05, 3.63) is 0 Å². The van der Waals surface area contributed by atoms with E-state index in [-0.39, 0.29) is 0 Å². The maximum Gasteiger partial charge on any atom is 0.0590 e. The normalized spacial score (nSPS) is 12.8. The smallest absolute Gasteiger partial charge is 0.0590 e. The summed E-state index contributed by atoms with van der Waals surface area (Å²) < 4.78 is 5.63. The van der Waals surface area contributed by atoms with Crippen LogP contribution in [0, 0.1) is 0 Å². The average Bonchev–Trinajstić information content (AvgIpc) is 2.43. The second kappa shape index (κ2) is 16.0. The summed E-state index contributed by atoms with van der Waals surface area (Å²) in [5, 5.41) is 3.44. The van der Waals surface area contributed by atoms with Crippen LogP contribution in [0.15, 0.2) is 0 Å². The van der Waals surface area contributed by atoms with Crippen molar-refractivity contribution in [3.8, 4) is 0 Å². The summed E-state index contributed by atoms with van der Waals surface area (Å²) in [7, 11) is 0. The summed E-state index contributed by atoms with van der Waals surface area (Å²) in [4.78, 5) is 0. The van der Waals surface area contributed by atoms with E-state index >= 15 is 0 Å². The van der Waals surface area contributed by atoms with Gasteiger partial charge in [-0.2, -0.15) is 0 Å². The number of hydrogen-bond donors (Lipinski definition) is 1. The minimum atomic E-state index is 0.622. The van der Waals surface area contributed by atoms with E-state index < -0.39 is 0 Å². The molecule has 116 valence electrons. The van der Waals surface area contributed by atoms with Gasteiger partial charge in [0.15, 0.2) is 0 Å². The van der Waals surface area contributed by atoms with Gasteiger partial charge >= 0.3 is 0 Å². The number of nitrogens with one attached hydrogen (secondary N) is 1. The minimum Gasteiger partial charge on any atom is -0.380 e. The van der Waals surface area contributed by atoms with Crippen molar-refractivity contribution >= 4 is 0 Å². The molecule has 2 heteroatoms. The molecule has 1 unspecified atom stereocenters. The monoisotopic (exact) mass is 271 g/mol. The molecule has 0 aliphatic carbocycles. The average molecular weight is 271 g/mol. The molecule has 0 aromatic heterocycles. The van der Waals surface area contributed by atoms with Crippen LogP contribution in [0.5, 0.6) is 0 Å². The lowest BCUT2D eigenvalue weighted by atomic mass is 10.1. The second-order valence-corrected chi connectivity index (χ2v) is 5.70. The third-order valence-electron chi connectivity index (χ3n) is 3.74. The van der Waals surface area contributed by atoms with Gasteiger partial charge in [0.1, 0.15) is 0 Å². The predicted molar refractivity (Wildman–Crippen MR) is 85.8 cm³/mol. The molecule has 1 atom stereocenters. The molecule has 0 spiro atoms. The first-order chi connectivity index (χ1) is 9.31. The van der Waals surface area contributed by atoms with E-state index in [0.717, 1.165) is 19.8 Å². The zero-order valence-electron chi connectivity index (χ0n) is 13.7. The quantitative estimate of drug-likeness (QED) is 0.427. The maximum atomic E-state index is 5.63. The van der Waals surface area contributed by atoms with Crippen LogP contribution in [0.25, 0.3) is 0 Å². The van der Waals surface area contributed by atoms with Crippen LogP contribution in [0.2, 0.25) is 0 Å². The first kappa shape index (κ1) is 18.9.